The molecule has 7 nitrogen and oxygen atoms in total. The van der Waals surface area contributed by atoms with E-state index in [1.807, 2.05) is 66.3 Å². The van der Waals surface area contributed by atoms with Crippen LogP contribution in [0.3, 0.4) is 0 Å². The number of imidazole rings is 1. The van der Waals surface area contributed by atoms with Crippen LogP contribution in [0.5, 0.6) is 5.75 Å². The molecule has 3 aliphatic heterocycles. The minimum Gasteiger partial charge on any atom is -0.497 e. The third-order valence-electron chi connectivity index (χ3n) is 8.50. The van der Waals surface area contributed by atoms with Crippen molar-refractivity contribution >= 4 is 29.3 Å². The van der Waals surface area contributed by atoms with Gasteiger partial charge in [0.25, 0.3) is 0 Å². The first-order valence-electron chi connectivity index (χ1n) is 13.6. The number of hydrogen-bond acceptors (Lipinski definition) is 6. The summed E-state index contributed by atoms with van der Waals surface area (Å²) >= 11 is 0. The van der Waals surface area contributed by atoms with Crippen LogP contribution < -0.4 is 4.74 Å². The highest BCUT2D eigenvalue weighted by Crippen LogP contribution is 2.44. The predicted octanol–water partition coefficient (Wildman–Crippen LogP) is 5.78. The molecule has 0 unspecified atom stereocenters. The van der Waals surface area contributed by atoms with Crippen LogP contribution in [0.2, 0.25) is 0 Å². The second kappa shape index (κ2) is 11.8. The average Bonchev–Trinajstić information content (AvgIpc) is 3.39. The van der Waals surface area contributed by atoms with Gasteiger partial charge in [0.05, 0.1) is 24.2 Å². The summed E-state index contributed by atoms with van der Waals surface area (Å²) in [6, 6.07) is 15.6. The Morgan fingerprint density at radius 3 is 2.65 bits per heavy atom. The van der Waals surface area contributed by atoms with E-state index in [0.29, 0.717) is 23.8 Å². The van der Waals surface area contributed by atoms with Crippen molar-refractivity contribution in [2.45, 2.75) is 31.4 Å². The lowest BCUT2D eigenvalue weighted by atomic mass is 9.73. The Bertz CT molecular complexity index is 1500. The van der Waals surface area contributed by atoms with Gasteiger partial charge in [-0.05, 0) is 73.2 Å². The molecule has 5 atom stereocenters. The van der Waals surface area contributed by atoms with E-state index in [0.717, 1.165) is 59.5 Å². The van der Waals surface area contributed by atoms with E-state index >= 15 is 0 Å². The summed E-state index contributed by atoms with van der Waals surface area (Å²) in [6.45, 7) is 6.02. The number of aryl methyl sites for hydroxylation is 1. The highest BCUT2D eigenvalue weighted by molar-refractivity contribution is 5.90. The monoisotopic (exact) mass is 558 g/mol. The largest absolute Gasteiger partial charge is 0.497 e. The number of aromatic nitrogens is 3. The molecule has 2 bridgehead atoms. The zero-order valence-corrected chi connectivity index (χ0v) is 23.7. The van der Waals surface area contributed by atoms with Crippen LogP contribution >= 0.6 is 12.4 Å². The number of ether oxygens (including phenoxy) is 2. The van der Waals surface area contributed by atoms with E-state index in [4.69, 9.17) is 9.47 Å². The molecule has 4 aromatic rings. The number of benzene rings is 2. The van der Waals surface area contributed by atoms with Crippen LogP contribution in [0.25, 0.3) is 10.9 Å². The summed E-state index contributed by atoms with van der Waals surface area (Å²) in [6.07, 6.45) is 10.0. The molecule has 0 radical (unpaired) electrons. The summed E-state index contributed by atoms with van der Waals surface area (Å²) in [4.78, 5) is 25.1. The van der Waals surface area contributed by atoms with E-state index in [2.05, 4.69) is 27.5 Å². The molecule has 208 valence electrons. The number of pyridine rings is 1. The normalized spacial score (nSPS) is 22.4. The van der Waals surface area contributed by atoms with Crippen molar-refractivity contribution in [2.75, 3.05) is 20.2 Å². The number of fused-ring (bicyclic) bond motifs is 4. The van der Waals surface area contributed by atoms with Gasteiger partial charge in [-0.3, -0.25) is 9.88 Å². The van der Waals surface area contributed by atoms with Crippen molar-refractivity contribution in [1.29, 1.82) is 0 Å². The first-order chi connectivity index (χ1) is 19.0. The van der Waals surface area contributed by atoms with Crippen molar-refractivity contribution in [3.8, 4) is 5.75 Å². The van der Waals surface area contributed by atoms with Crippen molar-refractivity contribution < 1.29 is 14.3 Å². The first kappa shape index (κ1) is 27.9. The number of nitrogens with zero attached hydrogens (tertiary/aromatic N) is 4. The zero-order valence-electron chi connectivity index (χ0n) is 22.9. The Labute approximate surface area is 241 Å². The maximum Gasteiger partial charge on any atom is 0.338 e. The van der Waals surface area contributed by atoms with E-state index in [1.54, 1.807) is 19.5 Å². The lowest BCUT2D eigenvalue weighted by molar-refractivity contribution is -0.0568. The Kier molecular flexibility index (Phi) is 8.24. The molecule has 40 heavy (non-hydrogen) atoms. The fourth-order valence-electron chi connectivity index (χ4n) is 6.25. The predicted molar refractivity (Wildman–Crippen MR) is 158 cm³/mol. The van der Waals surface area contributed by atoms with Crippen LogP contribution in [0.4, 0.5) is 0 Å². The molecule has 5 heterocycles. The average molecular weight is 559 g/mol. The number of esters is 1. The van der Waals surface area contributed by atoms with Gasteiger partial charge in [0, 0.05) is 49.6 Å². The molecule has 0 spiro atoms. The highest BCUT2D eigenvalue weighted by Gasteiger charge is 2.44. The van der Waals surface area contributed by atoms with Gasteiger partial charge < -0.3 is 14.0 Å². The quantitative estimate of drug-likeness (QED) is 0.202. The number of carbonyl (C=O) groups excluding carboxylic acids is 1. The van der Waals surface area contributed by atoms with Crippen LogP contribution in [-0.2, 0) is 18.2 Å². The van der Waals surface area contributed by atoms with Crippen LogP contribution in [-0.4, -0.2) is 51.6 Å². The summed E-state index contributed by atoms with van der Waals surface area (Å²) in [5, 5.41) is 0.947. The number of halogens is 1. The Balaban J connectivity index is 0.00000323. The highest BCUT2D eigenvalue weighted by atomic mass is 35.5. The Morgan fingerprint density at radius 2 is 1.98 bits per heavy atom. The molecule has 7 rings (SSSR count). The van der Waals surface area contributed by atoms with E-state index < -0.39 is 6.10 Å². The van der Waals surface area contributed by atoms with Crippen LogP contribution in [0.15, 0.2) is 79.8 Å². The van der Waals surface area contributed by atoms with Crippen molar-refractivity contribution in [2.24, 2.45) is 18.9 Å². The summed E-state index contributed by atoms with van der Waals surface area (Å²) in [7, 11) is 3.64. The standard InChI is InChI=1S/C32H34N4O3.ClH/c1-4-22-20-36-15-12-24(22)18-29(36)31(26-11-13-33-28-10-9-25(38-3)19-27(26)28)39-32(37)23-7-5-21(6-8-23)17-30-34-14-16-35(30)2;/h4-11,13-14,16,19,22,24,29,31H,1,12,15,17-18,20H2,2-3H3;1H/t22-,24-,29-,31+;/m0./s1. The maximum atomic E-state index is 13.6. The van der Waals surface area contributed by atoms with Gasteiger partial charge in [-0.15, -0.1) is 19.0 Å². The molecule has 2 aromatic heterocycles. The van der Waals surface area contributed by atoms with Crippen molar-refractivity contribution in [3.63, 3.8) is 0 Å². The van der Waals surface area contributed by atoms with Gasteiger partial charge in [-0.2, -0.15) is 0 Å². The van der Waals surface area contributed by atoms with Gasteiger partial charge in [0.2, 0.25) is 0 Å². The lowest BCUT2D eigenvalue weighted by Gasteiger charge is -2.51. The molecule has 8 heteroatoms. The number of carbonyl (C=O) groups is 1. The fourth-order valence-corrected chi connectivity index (χ4v) is 6.25. The fraction of sp³-hybridized carbons (Fsp3) is 0.344. The van der Waals surface area contributed by atoms with Gasteiger partial charge >= 0.3 is 5.97 Å². The van der Waals surface area contributed by atoms with Gasteiger partial charge in [0.15, 0.2) is 0 Å². The molecule has 3 fully saturated rings. The van der Waals surface area contributed by atoms with Gasteiger partial charge in [0.1, 0.15) is 17.7 Å². The Hall–Kier alpha value is -3.68. The molecule has 3 saturated heterocycles. The van der Waals surface area contributed by atoms with Crippen molar-refractivity contribution in [1.82, 2.24) is 19.4 Å². The Morgan fingerprint density at radius 1 is 1.15 bits per heavy atom. The topological polar surface area (TPSA) is 69.5 Å². The number of hydrogen-bond donors (Lipinski definition) is 0. The summed E-state index contributed by atoms with van der Waals surface area (Å²) in [5.74, 6) is 2.44. The molecular weight excluding hydrogens is 524 g/mol. The minimum absolute atomic E-state index is 0. The van der Waals surface area contributed by atoms with Crippen LogP contribution in [0.1, 0.15) is 46.3 Å². The third kappa shape index (κ3) is 5.36. The van der Waals surface area contributed by atoms with Gasteiger partial charge in [-0.1, -0.05) is 18.2 Å². The van der Waals surface area contributed by atoms with Crippen LogP contribution in [0, 0.1) is 11.8 Å². The molecule has 0 saturated carbocycles. The zero-order chi connectivity index (χ0) is 26.9. The third-order valence-corrected chi connectivity index (χ3v) is 8.50. The molecular formula is C32H35ClN4O3. The van der Waals surface area contributed by atoms with E-state index in [1.165, 1.54) is 0 Å². The molecule has 0 aliphatic carbocycles. The molecule has 0 N–H and O–H groups in total. The molecule has 0 amide bonds. The maximum absolute atomic E-state index is 13.6. The van der Waals surface area contributed by atoms with Crippen molar-refractivity contribution in [3.05, 3.63) is 102 Å². The molecule has 3 aliphatic rings. The second-order valence-electron chi connectivity index (χ2n) is 10.7. The summed E-state index contributed by atoms with van der Waals surface area (Å²) < 4.78 is 14.0. The lowest BCUT2D eigenvalue weighted by Crippen LogP contribution is -2.55. The smallest absolute Gasteiger partial charge is 0.338 e. The SMILES string of the molecule is C=C[C@H]1C[N@]2CC[C@H]1C[C@H]2[C@H](OC(=O)c1ccc(Cc2nccn2C)cc1)c1ccnc2ccc(OC)cc12.Cl. The van der Waals surface area contributed by atoms with E-state index in [9.17, 15) is 4.79 Å². The van der Waals surface area contributed by atoms with Gasteiger partial charge in [-0.25, -0.2) is 9.78 Å². The number of piperidine rings is 3. The molecule has 2 aromatic carbocycles. The first-order valence-corrected chi connectivity index (χ1v) is 13.6. The second-order valence-corrected chi connectivity index (χ2v) is 10.7. The number of rotatable bonds is 8. The summed E-state index contributed by atoms with van der Waals surface area (Å²) in [5.41, 5.74) is 3.45. The minimum atomic E-state index is -0.434. The number of methoxy groups -OCH3 is 1. The van der Waals surface area contributed by atoms with E-state index in [-0.39, 0.29) is 24.4 Å².